The first-order valence-electron chi connectivity index (χ1n) is 14.9. The van der Waals surface area contributed by atoms with Gasteiger partial charge >= 0.3 is 5.97 Å². The molecule has 0 aliphatic heterocycles. The van der Waals surface area contributed by atoms with Gasteiger partial charge in [-0.3, -0.25) is 14.8 Å². The molecule has 2 N–H and O–H groups in total. The summed E-state index contributed by atoms with van der Waals surface area (Å²) in [7, 11) is 0. The van der Waals surface area contributed by atoms with E-state index in [4.69, 9.17) is 5.11 Å². The minimum absolute atomic E-state index is 0.0494. The second-order valence-corrected chi connectivity index (χ2v) is 10.5. The molecule has 1 amide bonds. The molecule has 0 atom stereocenters. The van der Waals surface area contributed by atoms with Crippen molar-refractivity contribution in [2.45, 2.75) is 51.9 Å². The zero-order chi connectivity index (χ0) is 30.3. The third-order valence-electron chi connectivity index (χ3n) is 7.36. The summed E-state index contributed by atoms with van der Waals surface area (Å²) in [5.41, 5.74) is 8.49. The molecule has 0 saturated heterocycles. The van der Waals surface area contributed by atoms with Crippen LogP contribution in [0.5, 0.6) is 0 Å². The topological polar surface area (TPSA) is 92.2 Å². The van der Waals surface area contributed by atoms with Gasteiger partial charge in [0.25, 0.3) is 0 Å². The maximum Gasteiger partial charge on any atom is 0.331 e. The monoisotopic (exact) mass is 573 g/mol. The Morgan fingerprint density at radius 3 is 1.74 bits per heavy atom. The molecule has 6 heteroatoms. The number of carboxylic acids is 1. The van der Waals surface area contributed by atoms with Crippen molar-refractivity contribution in [1.29, 1.82) is 0 Å². The number of benzene rings is 2. The van der Waals surface area contributed by atoms with Crippen LogP contribution in [0.1, 0.15) is 59.6 Å². The van der Waals surface area contributed by atoms with Gasteiger partial charge in [0.1, 0.15) is 0 Å². The summed E-state index contributed by atoms with van der Waals surface area (Å²) in [6.45, 7) is 2.87. The van der Waals surface area contributed by atoms with Crippen molar-refractivity contribution in [1.82, 2.24) is 15.3 Å². The van der Waals surface area contributed by atoms with Gasteiger partial charge in [0.15, 0.2) is 0 Å². The van der Waals surface area contributed by atoms with Crippen LogP contribution in [0.25, 0.3) is 12.2 Å². The molecule has 0 fully saturated rings. The minimum atomic E-state index is -0.817. The van der Waals surface area contributed by atoms with Crippen molar-refractivity contribution in [2.75, 3.05) is 6.54 Å². The van der Waals surface area contributed by atoms with E-state index in [1.165, 1.54) is 29.5 Å². The number of amides is 1. The summed E-state index contributed by atoms with van der Waals surface area (Å²) < 4.78 is 0. The zero-order valence-electron chi connectivity index (χ0n) is 24.7. The fourth-order valence-electron chi connectivity index (χ4n) is 4.99. The quantitative estimate of drug-likeness (QED) is 0.251. The molecule has 0 spiro atoms. The highest BCUT2D eigenvalue weighted by atomic mass is 16.4. The summed E-state index contributed by atoms with van der Waals surface area (Å²) in [6, 6.07) is 24.6. The van der Waals surface area contributed by atoms with Gasteiger partial charge in [-0.05, 0) is 96.2 Å². The van der Waals surface area contributed by atoms with Crippen LogP contribution in [0, 0.1) is 0 Å². The highest BCUT2D eigenvalue weighted by molar-refractivity contribution is 5.98. The smallest absolute Gasteiger partial charge is 0.331 e. The van der Waals surface area contributed by atoms with Crippen LogP contribution in [-0.4, -0.2) is 33.5 Å². The van der Waals surface area contributed by atoms with Gasteiger partial charge in [-0.1, -0.05) is 74.0 Å². The zero-order valence-corrected chi connectivity index (χ0v) is 24.7. The minimum Gasteiger partial charge on any atom is -0.478 e. The summed E-state index contributed by atoms with van der Waals surface area (Å²) in [5.74, 6) is -0.768. The lowest BCUT2D eigenvalue weighted by atomic mass is 9.93. The fourth-order valence-corrected chi connectivity index (χ4v) is 4.99. The molecular formula is C37H39N3O3. The number of nitrogens with one attached hydrogen (secondary N) is 1. The standard InChI is InChI=1S/C18H18N2O.C10H9NO2.C9H12/c21-18(20-11-8-14-4-2-1-3-5-14)16-6-7-17-13-19-10-9-15(17)12-16;12-10(13)8-1-2-9-6-11-4-3-7(9)5-8;1-2-6-9-7-4-3-5-8-9/h1-5,9-10,12-13H,6-8,11H2,(H,20,21);3-6H,1-2H2,(H,12,13);3-5,7-8H,2,6H2,1H3. The summed E-state index contributed by atoms with van der Waals surface area (Å²) >= 11 is 0. The number of carbonyl (C=O) groups excluding carboxylic acids is 1. The summed E-state index contributed by atoms with van der Waals surface area (Å²) in [4.78, 5) is 31.0. The van der Waals surface area contributed by atoms with Gasteiger partial charge in [-0.15, -0.1) is 0 Å². The third-order valence-corrected chi connectivity index (χ3v) is 7.36. The van der Waals surface area contributed by atoms with E-state index in [0.717, 1.165) is 47.9 Å². The number of carboxylic acid groups (broad SMARTS) is 1. The molecule has 2 aliphatic carbocycles. The van der Waals surface area contributed by atoms with Crippen LogP contribution in [0.3, 0.4) is 0 Å². The molecule has 6 rings (SSSR count). The fraction of sp³-hybridized carbons (Fsp3) is 0.243. The molecule has 2 aromatic carbocycles. The number of pyridine rings is 2. The van der Waals surface area contributed by atoms with Crippen molar-refractivity contribution >= 4 is 24.0 Å². The van der Waals surface area contributed by atoms with Crippen molar-refractivity contribution in [3.63, 3.8) is 0 Å². The lowest BCUT2D eigenvalue weighted by molar-refractivity contribution is -0.132. The van der Waals surface area contributed by atoms with Crippen molar-refractivity contribution < 1.29 is 14.7 Å². The predicted octanol–water partition coefficient (Wildman–Crippen LogP) is 6.91. The number of aliphatic carboxylic acids is 1. The van der Waals surface area contributed by atoms with Crippen LogP contribution in [0.2, 0.25) is 0 Å². The molecule has 220 valence electrons. The number of fused-ring (bicyclic) bond motifs is 2. The van der Waals surface area contributed by atoms with Gasteiger partial charge < -0.3 is 10.4 Å². The van der Waals surface area contributed by atoms with E-state index in [1.54, 1.807) is 24.7 Å². The highest BCUT2D eigenvalue weighted by Gasteiger charge is 2.16. The van der Waals surface area contributed by atoms with Crippen LogP contribution in [-0.2, 0) is 35.3 Å². The first-order chi connectivity index (χ1) is 21.0. The predicted molar refractivity (Wildman–Crippen MR) is 172 cm³/mol. The number of hydrogen-bond acceptors (Lipinski definition) is 4. The molecule has 0 bridgehead atoms. The average molecular weight is 574 g/mol. The van der Waals surface area contributed by atoms with E-state index in [2.05, 4.69) is 64.7 Å². The molecule has 6 nitrogen and oxygen atoms in total. The van der Waals surface area contributed by atoms with Crippen LogP contribution >= 0.6 is 0 Å². The van der Waals surface area contributed by atoms with Crippen LogP contribution in [0.4, 0.5) is 0 Å². The summed E-state index contributed by atoms with van der Waals surface area (Å²) in [6.07, 6.45) is 17.2. The maximum atomic E-state index is 12.2. The number of nitrogens with zero attached hydrogens (tertiary/aromatic N) is 2. The molecule has 4 aromatic rings. The van der Waals surface area contributed by atoms with E-state index in [9.17, 15) is 9.59 Å². The van der Waals surface area contributed by atoms with Gasteiger partial charge in [0, 0.05) is 42.5 Å². The van der Waals surface area contributed by atoms with E-state index in [1.807, 2.05) is 42.6 Å². The highest BCUT2D eigenvalue weighted by Crippen LogP contribution is 2.23. The lowest BCUT2D eigenvalue weighted by Crippen LogP contribution is -2.28. The summed E-state index contributed by atoms with van der Waals surface area (Å²) in [5, 5.41) is 11.8. The van der Waals surface area contributed by atoms with Crippen LogP contribution in [0.15, 0.2) is 109 Å². The SMILES string of the molecule is CCCc1ccccc1.O=C(NCCc1ccccc1)C1=Cc2ccncc2CC1.O=C(O)C1=Cc2ccncc2CC1. The Bertz CT molecular complexity index is 1550. The molecule has 0 saturated carbocycles. The molecule has 2 aromatic heterocycles. The molecule has 2 heterocycles. The third kappa shape index (κ3) is 9.89. The van der Waals surface area contributed by atoms with E-state index in [-0.39, 0.29) is 5.91 Å². The Morgan fingerprint density at radius 1 is 0.698 bits per heavy atom. The Kier molecular flexibility index (Phi) is 12.0. The molecular weight excluding hydrogens is 534 g/mol. The second-order valence-electron chi connectivity index (χ2n) is 10.5. The molecule has 43 heavy (non-hydrogen) atoms. The van der Waals surface area contributed by atoms with Gasteiger partial charge in [0.05, 0.1) is 0 Å². The Labute approximate surface area is 254 Å². The van der Waals surface area contributed by atoms with Gasteiger partial charge in [-0.2, -0.15) is 0 Å². The van der Waals surface area contributed by atoms with Gasteiger partial charge in [-0.25, -0.2) is 4.79 Å². The molecule has 0 radical (unpaired) electrons. The van der Waals surface area contributed by atoms with Crippen LogP contribution < -0.4 is 5.32 Å². The van der Waals surface area contributed by atoms with Crippen molar-refractivity contribution in [3.8, 4) is 0 Å². The average Bonchev–Trinajstić information content (AvgIpc) is 3.06. The van der Waals surface area contributed by atoms with Crippen molar-refractivity contribution in [2.24, 2.45) is 0 Å². The second kappa shape index (κ2) is 16.6. The Balaban J connectivity index is 0.000000163. The lowest BCUT2D eigenvalue weighted by Gasteiger charge is -2.15. The van der Waals surface area contributed by atoms with E-state index >= 15 is 0 Å². The Hall–Kier alpha value is -4.84. The maximum absolute atomic E-state index is 12.2. The number of rotatable bonds is 7. The van der Waals surface area contributed by atoms with E-state index in [0.29, 0.717) is 18.5 Å². The van der Waals surface area contributed by atoms with Crippen molar-refractivity contribution in [3.05, 3.63) is 142 Å². The first kappa shape index (κ1) is 31.1. The first-order valence-corrected chi connectivity index (χ1v) is 14.9. The molecule has 2 aliphatic rings. The van der Waals surface area contributed by atoms with E-state index < -0.39 is 5.97 Å². The largest absolute Gasteiger partial charge is 0.478 e. The number of carbonyl (C=O) groups is 2. The Morgan fingerprint density at radius 2 is 1.21 bits per heavy atom. The van der Waals surface area contributed by atoms with Gasteiger partial charge in [0.2, 0.25) is 5.91 Å². The number of aryl methyl sites for hydroxylation is 3. The molecule has 0 unspecified atom stereocenters. The number of aromatic nitrogens is 2. The number of hydrogen-bond donors (Lipinski definition) is 2. The normalized spacial score (nSPS) is 12.9.